The number of rotatable bonds is 7. The average molecular weight is 289 g/mol. The molecule has 0 saturated heterocycles. The van der Waals surface area contributed by atoms with Crippen LogP contribution in [0.3, 0.4) is 0 Å². The van der Waals surface area contributed by atoms with Crippen molar-refractivity contribution >= 4 is 17.2 Å². The fourth-order valence-corrected chi connectivity index (χ4v) is 2.86. The minimum absolute atomic E-state index is 0.890. The molecular weight excluding hydrogens is 266 g/mol. The molecule has 0 bridgehead atoms. The summed E-state index contributed by atoms with van der Waals surface area (Å²) in [4.78, 5) is 8.41. The first-order valence-corrected chi connectivity index (χ1v) is 7.99. The molecule has 0 aromatic carbocycles. The van der Waals surface area contributed by atoms with E-state index >= 15 is 0 Å². The Kier molecular flexibility index (Phi) is 5.56. The zero-order valence-corrected chi connectivity index (χ0v) is 13.3. The van der Waals surface area contributed by atoms with Gasteiger partial charge < -0.3 is 10.2 Å². The summed E-state index contributed by atoms with van der Waals surface area (Å²) in [5, 5.41) is 5.35. The molecule has 0 radical (unpaired) electrons. The predicted molar refractivity (Wildman–Crippen MR) is 87.7 cm³/mol. The lowest BCUT2D eigenvalue weighted by Gasteiger charge is -2.19. The highest BCUT2D eigenvalue weighted by Crippen LogP contribution is 2.16. The molecule has 0 spiro atoms. The van der Waals surface area contributed by atoms with Crippen LogP contribution in [-0.4, -0.2) is 25.6 Å². The van der Waals surface area contributed by atoms with E-state index < -0.39 is 0 Å². The third-order valence-corrected chi connectivity index (χ3v) is 4.27. The van der Waals surface area contributed by atoms with E-state index in [1.807, 2.05) is 18.4 Å². The van der Waals surface area contributed by atoms with Gasteiger partial charge in [0.25, 0.3) is 0 Å². The Morgan fingerprint density at radius 2 is 2.20 bits per heavy atom. The van der Waals surface area contributed by atoms with Crippen LogP contribution in [-0.2, 0) is 19.4 Å². The van der Waals surface area contributed by atoms with Crippen molar-refractivity contribution < 1.29 is 0 Å². The van der Waals surface area contributed by atoms with E-state index in [0.29, 0.717) is 0 Å². The van der Waals surface area contributed by atoms with E-state index in [1.165, 1.54) is 10.4 Å². The minimum atomic E-state index is 0.890. The maximum absolute atomic E-state index is 4.74. The van der Waals surface area contributed by atoms with Gasteiger partial charge in [-0.25, -0.2) is 4.98 Å². The Morgan fingerprint density at radius 3 is 2.85 bits per heavy atom. The van der Waals surface area contributed by atoms with Crippen molar-refractivity contribution in [3.05, 3.63) is 45.8 Å². The highest BCUT2D eigenvalue weighted by atomic mass is 32.1. The third kappa shape index (κ3) is 4.05. The summed E-state index contributed by atoms with van der Waals surface area (Å²) in [6.45, 7) is 4.04. The molecule has 2 aromatic heterocycles. The van der Waals surface area contributed by atoms with Gasteiger partial charge >= 0.3 is 0 Å². The number of aryl methyl sites for hydroxylation is 1. The van der Waals surface area contributed by atoms with Gasteiger partial charge in [-0.15, -0.1) is 11.3 Å². The first kappa shape index (κ1) is 15.0. The Morgan fingerprint density at radius 1 is 1.35 bits per heavy atom. The van der Waals surface area contributed by atoms with Crippen molar-refractivity contribution in [2.75, 3.05) is 25.5 Å². The van der Waals surface area contributed by atoms with Crippen LogP contribution in [0, 0.1) is 0 Å². The van der Waals surface area contributed by atoms with Gasteiger partial charge in [0.05, 0.1) is 0 Å². The average Bonchev–Trinajstić information content (AvgIpc) is 2.98. The molecule has 0 atom stereocenters. The Bertz CT molecular complexity index is 523. The van der Waals surface area contributed by atoms with Gasteiger partial charge in [0.15, 0.2) is 0 Å². The summed E-state index contributed by atoms with van der Waals surface area (Å²) in [6, 6.07) is 8.68. The molecule has 0 aliphatic heterocycles. The lowest BCUT2D eigenvalue weighted by atomic mass is 10.2. The van der Waals surface area contributed by atoms with Crippen LogP contribution in [0.2, 0.25) is 0 Å². The molecule has 20 heavy (non-hydrogen) atoms. The van der Waals surface area contributed by atoms with Gasteiger partial charge in [0.2, 0.25) is 0 Å². The van der Waals surface area contributed by atoms with E-state index in [9.17, 15) is 0 Å². The van der Waals surface area contributed by atoms with Gasteiger partial charge in [-0.05, 0) is 49.0 Å². The van der Waals surface area contributed by atoms with E-state index in [-0.39, 0.29) is 0 Å². The molecule has 0 unspecified atom stereocenters. The second-order valence-corrected chi connectivity index (χ2v) is 5.99. The number of thiophene rings is 1. The summed E-state index contributed by atoms with van der Waals surface area (Å²) in [7, 11) is 4.10. The van der Waals surface area contributed by atoms with Gasteiger partial charge in [0.1, 0.15) is 5.82 Å². The van der Waals surface area contributed by atoms with Crippen LogP contribution < -0.4 is 10.2 Å². The lowest BCUT2D eigenvalue weighted by Crippen LogP contribution is -2.22. The van der Waals surface area contributed by atoms with E-state index in [2.05, 4.69) is 53.8 Å². The second kappa shape index (κ2) is 7.41. The molecular formula is C16H23N3S. The zero-order valence-electron chi connectivity index (χ0n) is 12.5. The maximum atomic E-state index is 4.74. The summed E-state index contributed by atoms with van der Waals surface area (Å²) >= 11 is 1.82. The smallest absolute Gasteiger partial charge is 0.128 e. The number of nitrogens with zero attached hydrogens (tertiary/aromatic N) is 2. The van der Waals surface area contributed by atoms with Gasteiger partial charge in [-0.2, -0.15) is 0 Å². The predicted octanol–water partition coefficient (Wildman–Crippen LogP) is 3.10. The zero-order chi connectivity index (χ0) is 14.4. The molecule has 2 heterocycles. The summed E-state index contributed by atoms with van der Waals surface area (Å²) in [5.74, 6) is 1.08. The molecule has 2 rings (SSSR count). The van der Waals surface area contributed by atoms with Crippen molar-refractivity contribution in [3.63, 3.8) is 0 Å². The number of hydrogen-bond acceptors (Lipinski definition) is 4. The van der Waals surface area contributed by atoms with Crippen molar-refractivity contribution in [1.29, 1.82) is 0 Å². The van der Waals surface area contributed by atoms with E-state index in [4.69, 9.17) is 4.98 Å². The first-order chi connectivity index (χ1) is 9.72. The highest BCUT2D eigenvalue weighted by Gasteiger charge is 2.07. The van der Waals surface area contributed by atoms with Crippen LogP contribution in [0.4, 0.5) is 5.82 Å². The van der Waals surface area contributed by atoms with Crippen LogP contribution in [0.5, 0.6) is 0 Å². The molecule has 1 N–H and O–H groups in total. The number of nitrogens with one attached hydrogen (secondary N) is 1. The summed E-state index contributed by atoms with van der Waals surface area (Å²) in [5.41, 5.74) is 2.47. The number of pyridine rings is 1. The van der Waals surface area contributed by atoms with Gasteiger partial charge in [-0.1, -0.05) is 13.0 Å². The number of anilines is 1. The minimum Gasteiger partial charge on any atom is -0.359 e. The number of hydrogen-bond donors (Lipinski definition) is 1. The highest BCUT2D eigenvalue weighted by molar-refractivity contribution is 7.09. The van der Waals surface area contributed by atoms with Crippen molar-refractivity contribution in [2.45, 2.75) is 26.3 Å². The molecule has 108 valence electrons. The largest absolute Gasteiger partial charge is 0.359 e. The van der Waals surface area contributed by atoms with Crippen LogP contribution in [0.25, 0.3) is 0 Å². The van der Waals surface area contributed by atoms with Crippen molar-refractivity contribution in [3.8, 4) is 0 Å². The molecule has 3 nitrogen and oxygen atoms in total. The lowest BCUT2D eigenvalue weighted by molar-refractivity contribution is 0.803. The topological polar surface area (TPSA) is 28.2 Å². The van der Waals surface area contributed by atoms with Crippen LogP contribution in [0.15, 0.2) is 29.6 Å². The maximum Gasteiger partial charge on any atom is 0.128 e. The van der Waals surface area contributed by atoms with E-state index in [1.54, 1.807) is 0 Å². The standard InChI is InChI=1S/C16H23N3S/c1-4-14-10-13(12-17-2)11-16(18-14)19(3)8-7-15-6-5-9-20-15/h5-6,9-11,17H,4,7-8,12H2,1-3H3. The molecule has 4 heteroatoms. The van der Waals surface area contributed by atoms with Crippen LogP contribution in [0.1, 0.15) is 23.1 Å². The molecule has 0 amide bonds. The third-order valence-electron chi connectivity index (χ3n) is 3.33. The molecule has 0 aliphatic rings. The summed E-state index contributed by atoms with van der Waals surface area (Å²) in [6.07, 6.45) is 2.05. The van der Waals surface area contributed by atoms with E-state index in [0.717, 1.165) is 37.4 Å². The number of likely N-dealkylation sites (N-methyl/N-ethyl adjacent to an activating group) is 1. The molecule has 0 aliphatic carbocycles. The molecule has 0 saturated carbocycles. The Labute approximate surface area is 125 Å². The van der Waals surface area contributed by atoms with Crippen molar-refractivity contribution in [2.24, 2.45) is 0 Å². The summed E-state index contributed by atoms with van der Waals surface area (Å²) < 4.78 is 0. The normalized spacial score (nSPS) is 10.8. The van der Waals surface area contributed by atoms with Gasteiger partial charge in [0, 0.05) is 30.7 Å². The van der Waals surface area contributed by atoms with Crippen molar-refractivity contribution in [1.82, 2.24) is 10.3 Å². The molecule has 2 aromatic rings. The number of aromatic nitrogens is 1. The Balaban J connectivity index is 2.07. The first-order valence-electron chi connectivity index (χ1n) is 7.11. The SMILES string of the molecule is CCc1cc(CNC)cc(N(C)CCc2cccs2)n1. The monoisotopic (exact) mass is 289 g/mol. The fraction of sp³-hybridized carbons (Fsp3) is 0.438. The Hall–Kier alpha value is -1.39. The van der Waals surface area contributed by atoms with Crippen LogP contribution >= 0.6 is 11.3 Å². The second-order valence-electron chi connectivity index (χ2n) is 4.96. The fourth-order valence-electron chi connectivity index (χ4n) is 2.16. The van der Waals surface area contributed by atoms with Gasteiger partial charge in [-0.3, -0.25) is 0 Å². The molecule has 0 fully saturated rings. The quantitative estimate of drug-likeness (QED) is 0.849.